The van der Waals surface area contributed by atoms with Crippen molar-refractivity contribution in [3.8, 4) is 0 Å². The first-order chi connectivity index (χ1) is 12.6. The molecule has 0 aliphatic rings. The Labute approximate surface area is 154 Å². The van der Waals surface area contributed by atoms with Gasteiger partial charge in [-0.2, -0.15) is 0 Å². The number of nitrogens with zero attached hydrogens (tertiary/aromatic N) is 4. The summed E-state index contributed by atoms with van der Waals surface area (Å²) in [5.74, 6) is 0.172. The van der Waals surface area contributed by atoms with E-state index in [1.807, 2.05) is 37.3 Å². The Morgan fingerprint density at radius 3 is 2.85 bits per heavy atom. The zero-order valence-corrected chi connectivity index (χ0v) is 15.1. The van der Waals surface area contributed by atoms with Crippen LogP contribution in [0.3, 0.4) is 0 Å². The number of methoxy groups -OCH3 is 1. The Balaban J connectivity index is 2.00. The fourth-order valence-electron chi connectivity index (χ4n) is 2.50. The van der Waals surface area contributed by atoms with E-state index >= 15 is 0 Å². The standard InChI is InChI=1S/C17H17N5O3S/c1-11(9-25-2)21-16-15(22(23)24)17(20-10-19-16)26-13-7-3-5-12-6-4-8-18-14(12)13/h3-8,10-11H,9H2,1-2H3,(H,19,20,21). The third-order valence-electron chi connectivity index (χ3n) is 3.57. The normalized spacial score (nSPS) is 12.1. The number of aromatic nitrogens is 3. The summed E-state index contributed by atoms with van der Waals surface area (Å²) in [5.41, 5.74) is 0.614. The minimum absolute atomic E-state index is 0.134. The predicted octanol–water partition coefficient (Wildman–Crippen LogP) is 3.53. The van der Waals surface area contributed by atoms with Crippen LogP contribution in [0.15, 0.2) is 52.8 Å². The van der Waals surface area contributed by atoms with Gasteiger partial charge in [0.1, 0.15) is 6.33 Å². The summed E-state index contributed by atoms with van der Waals surface area (Å²) in [6.07, 6.45) is 3.01. The maximum atomic E-state index is 11.7. The fraction of sp³-hybridized carbons (Fsp3) is 0.235. The van der Waals surface area contributed by atoms with Gasteiger partial charge in [-0.3, -0.25) is 15.1 Å². The highest BCUT2D eigenvalue weighted by Crippen LogP contribution is 2.38. The minimum Gasteiger partial charge on any atom is -0.383 e. The molecule has 2 aromatic heterocycles. The number of rotatable bonds is 7. The van der Waals surface area contributed by atoms with Crippen molar-refractivity contribution in [2.75, 3.05) is 19.0 Å². The number of fused-ring (bicyclic) bond motifs is 1. The van der Waals surface area contributed by atoms with Crippen molar-refractivity contribution in [3.05, 3.63) is 53.0 Å². The lowest BCUT2D eigenvalue weighted by molar-refractivity contribution is -0.387. The highest BCUT2D eigenvalue weighted by molar-refractivity contribution is 7.99. The third-order valence-corrected chi connectivity index (χ3v) is 4.61. The number of pyridine rings is 1. The summed E-state index contributed by atoms with van der Waals surface area (Å²) in [6, 6.07) is 9.36. The minimum atomic E-state index is -0.469. The van der Waals surface area contributed by atoms with Crippen LogP contribution in [0, 0.1) is 10.1 Å². The molecule has 2 heterocycles. The molecule has 0 spiro atoms. The number of anilines is 1. The maximum Gasteiger partial charge on any atom is 0.343 e. The average molecular weight is 371 g/mol. The summed E-state index contributed by atoms with van der Waals surface area (Å²) in [7, 11) is 1.57. The van der Waals surface area contributed by atoms with Crippen LogP contribution in [-0.4, -0.2) is 39.6 Å². The summed E-state index contributed by atoms with van der Waals surface area (Å²) in [4.78, 5) is 24.5. The highest BCUT2D eigenvalue weighted by Gasteiger charge is 2.25. The highest BCUT2D eigenvalue weighted by atomic mass is 32.2. The molecule has 0 fully saturated rings. The number of nitrogens with one attached hydrogen (secondary N) is 1. The van der Waals surface area contributed by atoms with Gasteiger partial charge in [-0.15, -0.1) is 0 Å². The molecule has 0 amide bonds. The molecule has 0 aliphatic carbocycles. The summed E-state index contributed by atoms with van der Waals surface area (Å²) in [6.45, 7) is 2.26. The van der Waals surface area contributed by atoms with E-state index in [9.17, 15) is 10.1 Å². The second-order valence-corrected chi connectivity index (χ2v) is 6.60. The summed E-state index contributed by atoms with van der Waals surface area (Å²) < 4.78 is 5.06. The van der Waals surface area contributed by atoms with Crippen LogP contribution in [0.5, 0.6) is 0 Å². The zero-order valence-electron chi connectivity index (χ0n) is 14.2. The van der Waals surface area contributed by atoms with E-state index < -0.39 is 4.92 Å². The molecule has 1 aromatic carbocycles. The molecule has 1 atom stereocenters. The van der Waals surface area contributed by atoms with Crippen LogP contribution < -0.4 is 5.32 Å². The lowest BCUT2D eigenvalue weighted by atomic mass is 10.2. The molecule has 0 aliphatic heterocycles. The van der Waals surface area contributed by atoms with Crippen LogP contribution in [0.25, 0.3) is 10.9 Å². The molecular weight excluding hydrogens is 354 g/mol. The van der Waals surface area contributed by atoms with Crippen molar-refractivity contribution >= 4 is 34.2 Å². The van der Waals surface area contributed by atoms with Gasteiger partial charge in [-0.05, 0) is 19.1 Å². The molecule has 3 rings (SSSR count). The van der Waals surface area contributed by atoms with E-state index in [1.54, 1.807) is 13.3 Å². The molecule has 1 N–H and O–H groups in total. The summed E-state index contributed by atoms with van der Waals surface area (Å²) >= 11 is 1.20. The van der Waals surface area contributed by atoms with Crippen molar-refractivity contribution in [3.63, 3.8) is 0 Å². The van der Waals surface area contributed by atoms with Gasteiger partial charge in [0.05, 0.1) is 17.0 Å². The first-order valence-electron chi connectivity index (χ1n) is 7.86. The fourth-order valence-corrected chi connectivity index (χ4v) is 3.49. The smallest absolute Gasteiger partial charge is 0.343 e. The van der Waals surface area contributed by atoms with Gasteiger partial charge < -0.3 is 10.1 Å². The first kappa shape index (κ1) is 18.0. The predicted molar refractivity (Wildman–Crippen MR) is 99.5 cm³/mol. The SMILES string of the molecule is COCC(C)Nc1ncnc(Sc2cccc3cccnc23)c1[N+](=O)[O-]. The van der Waals surface area contributed by atoms with Gasteiger partial charge in [-0.1, -0.05) is 30.0 Å². The van der Waals surface area contributed by atoms with Crippen molar-refractivity contribution < 1.29 is 9.66 Å². The van der Waals surface area contributed by atoms with E-state index in [2.05, 4.69) is 20.3 Å². The average Bonchev–Trinajstić information content (AvgIpc) is 2.62. The van der Waals surface area contributed by atoms with Crippen molar-refractivity contribution in [2.24, 2.45) is 0 Å². The third kappa shape index (κ3) is 3.89. The Kier molecular flexibility index (Phi) is 5.59. The molecule has 0 bridgehead atoms. The lowest BCUT2D eigenvalue weighted by Gasteiger charge is -2.14. The molecule has 0 radical (unpaired) electrons. The Bertz CT molecular complexity index is 932. The number of hydrogen-bond donors (Lipinski definition) is 1. The Morgan fingerprint density at radius 1 is 1.27 bits per heavy atom. The van der Waals surface area contributed by atoms with Crippen LogP contribution in [0.2, 0.25) is 0 Å². The topological polar surface area (TPSA) is 103 Å². The lowest BCUT2D eigenvalue weighted by Crippen LogP contribution is -2.22. The first-order valence-corrected chi connectivity index (χ1v) is 8.68. The van der Waals surface area contributed by atoms with Gasteiger partial charge in [0.2, 0.25) is 5.82 Å². The van der Waals surface area contributed by atoms with Crippen molar-refractivity contribution in [2.45, 2.75) is 22.9 Å². The molecule has 1 unspecified atom stereocenters. The number of nitro groups is 1. The molecular formula is C17H17N5O3S. The molecule has 0 saturated heterocycles. The monoisotopic (exact) mass is 371 g/mol. The van der Waals surface area contributed by atoms with E-state index in [4.69, 9.17) is 4.74 Å². The Morgan fingerprint density at radius 2 is 2.08 bits per heavy atom. The quantitative estimate of drug-likeness (QED) is 0.382. The molecule has 9 heteroatoms. The van der Waals surface area contributed by atoms with Gasteiger partial charge in [-0.25, -0.2) is 9.97 Å². The molecule has 134 valence electrons. The van der Waals surface area contributed by atoms with Crippen LogP contribution in [0.4, 0.5) is 11.5 Å². The van der Waals surface area contributed by atoms with Crippen molar-refractivity contribution in [1.82, 2.24) is 15.0 Å². The van der Waals surface area contributed by atoms with Gasteiger partial charge >= 0.3 is 5.69 Å². The number of benzene rings is 1. The maximum absolute atomic E-state index is 11.7. The van der Waals surface area contributed by atoms with Gasteiger partial charge in [0.25, 0.3) is 0 Å². The second-order valence-electron chi connectivity index (χ2n) is 5.57. The van der Waals surface area contributed by atoms with Crippen LogP contribution >= 0.6 is 11.8 Å². The molecule has 26 heavy (non-hydrogen) atoms. The van der Waals surface area contributed by atoms with E-state index in [0.29, 0.717) is 6.61 Å². The second kappa shape index (κ2) is 8.07. The van der Waals surface area contributed by atoms with Gasteiger partial charge in [0.15, 0.2) is 5.03 Å². The number of para-hydroxylation sites is 1. The van der Waals surface area contributed by atoms with Crippen LogP contribution in [-0.2, 0) is 4.74 Å². The largest absolute Gasteiger partial charge is 0.383 e. The molecule has 3 aromatic rings. The van der Waals surface area contributed by atoms with E-state index in [1.165, 1.54) is 18.1 Å². The van der Waals surface area contributed by atoms with E-state index in [-0.39, 0.29) is 22.6 Å². The van der Waals surface area contributed by atoms with Gasteiger partial charge in [0, 0.05) is 29.6 Å². The molecule has 0 saturated carbocycles. The zero-order chi connectivity index (χ0) is 18.5. The molecule has 8 nitrogen and oxygen atoms in total. The van der Waals surface area contributed by atoms with Crippen LogP contribution in [0.1, 0.15) is 6.92 Å². The summed E-state index contributed by atoms with van der Waals surface area (Å²) in [5, 5.41) is 15.9. The van der Waals surface area contributed by atoms with E-state index in [0.717, 1.165) is 15.8 Å². The Hall–Kier alpha value is -2.78. The number of ether oxygens (including phenoxy) is 1. The van der Waals surface area contributed by atoms with Crippen molar-refractivity contribution in [1.29, 1.82) is 0 Å². The number of hydrogen-bond acceptors (Lipinski definition) is 8.